The monoisotopic (exact) mass is 363 g/mol. The Hall–Kier alpha value is -2.28. The number of rotatable bonds is 5. The summed E-state index contributed by atoms with van der Waals surface area (Å²) in [4.78, 5) is 23.7. The van der Waals surface area contributed by atoms with Crippen LogP contribution in [0.3, 0.4) is 0 Å². The number of carbonyl (C=O) groups excluding carboxylic acids is 2. The molecule has 1 heterocycles. The van der Waals surface area contributed by atoms with E-state index in [1.54, 1.807) is 0 Å². The van der Waals surface area contributed by atoms with Crippen molar-refractivity contribution in [3.8, 4) is 0 Å². The second-order valence-corrected chi connectivity index (χ2v) is 7.51. The maximum Gasteiger partial charge on any atom is 0.422 e. The van der Waals surface area contributed by atoms with E-state index in [0.29, 0.717) is 13.1 Å². The molecule has 144 valence electrons. The van der Waals surface area contributed by atoms with Crippen molar-refractivity contribution in [1.82, 2.24) is 15.8 Å². The number of nitrogens with zero attached hydrogens (tertiary/aromatic N) is 1. The van der Waals surface area contributed by atoms with Gasteiger partial charge in [0.05, 0.1) is 0 Å². The Kier molecular flexibility index (Phi) is 7.26. The summed E-state index contributed by atoms with van der Waals surface area (Å²) in [5.74, 6) is 0.253. The fraction of sp³-hybridized carbons (Fsp3) is 0.579. The first-order valence-electron chi connectivity index (χ1n) is 9.01. The number of amides is 2. The lowest BCUT2D eigenvalue weighted by atomic mass is 9.99. The number of hydrogen-bond donors (Lipinski definition) is 2. The molecule has 26 heavy (non-hydrogen) atoms. The van der Waals surface area contributed by atoms with Crippen LogP contribution >= 0.6 is 0 Å². The summed E-state index contributed by atoms with van der Waals surface area (Å²) in [6.07, 6.45) is 1.06. The molecule has 7 nitrogen and oxygen atoms in total. The lowest BCUT2D eigenvalue weighted by Gasteiger charge is -2.33. The fourth-order valence-electron chi connectivity index (χ4n) is 2.77. The van der Waals surface area contributed by atoms with E-state index in [0.717, 1.165) is 24.9 Å². The minimum atomic E-state index is -0.524. The van der Waals surface area contributed by atoms with Gasteiger partial charge < -0.3 is 14.8 Å². The van der Waals surface area contributed by atoms with Gasteiger partial charge in [0.2, 0.25) is 0 Å². The SMILES string of the molecule is CC(C)(C)OC(=O)NN1CCC[C@@H](CNC(=O)OCc2ccccc2)C1. The predicted octanol–water partition coefficient (Wildman–Crippen LogP) is 3.06. The quantitative estimate of drug-likeness (QED) is 0.840. The third-order valence-electron chi connectivity index (χ3n) is 3.92. The molecular weight excluding hydrogens is 334 g/mol. The zero-order chi connectivity index (χ0) is 19.0. The first-order valence-corrected chi connectivity index (χ1v) is 9.01. The van der Waals surface area contributed by atoms with Crippen LogP contribution in [0.4, 0.5) is 9.59 Å². The van der Waals surface area contributed by atoms with Crippen molar-refractivity contribution >= 4 is 12.2 Å². The van der Waals surface area contributed by atoms with E-state index in [1.165, 1.54) is 0 Å². The maximum atomic E-state index is 11.9. The average Bonchev–Trinajstić information content (AvgIpc) is 2.57. The molecule has 1 aliphatic rings. The molecule has 0 aliphatic carbocycles. The molecule has 2 rings (SSSR count). The fourth-order valence-corrected chi connectivity index (χ4v) is 2.77. The number of benzene rings is 1. The van der Waals surface area contributed by atoms with E-state index in [4.69, 9.17) is 9.47 Å². The number of piperidine rings is 1. The van der Waals surface area contributed by atoms with Crippen LogP contribution in [-0.2, 0) is 16.1 Å². The molecule has 1 aromatic carbocycles. The third-order valence-corrected chi connectivity index (χ3v) is 3.92. The van der Waals surface area contributed by atoms with Gasteiger partial charge in [-0.05, 0) is 45.1 Å². The standard InChI is InChI=1S/C19H29N3O4/c1-19(2,3)26-18(24)21-22-11-7-10-16(13-22)12-20-17(23)25-14-15-8-5-4-6-9-15/h4-6,8-9,16H,7,10-14H2,1-3H3,(H,20,23)(H,21,24)/t16-/m0/s1. The van der Waals surface area contributed by atoms with Gasteiger partial charge in [-0.3, -0.25) is 5.43 Å². The summed E-state index contributed by atoms with van der Waals surface area (Å²) in [6.45, 7) is 7.69. The van der Waals surface area contributed by atoms with Gasteiger partial charge in [-0.1, -0.05) is 30.3 Å². The Morgan fingerprint density at radius 1 is 1.19 bits per heavy atom. The van der Waals surface area contributed by atoms with Crippen molar-refractivity contribution < 1.29 is 19.1 Å². The Bertz CT molecular complexity index is 586. The molecule has 2 amide bonds. The molecule has 2 N–H and O–H groups in total. The number of carbonyl (C=O) groups is 2. The van der Waals surface area contributed by atoms with Gasteiger partial charge in [0.25, 0.3) is 0 Å². The van der Waals surface area contributed by atoms with E-state index in [-0.39, 0.29) is 12.5 Å². The van der Waals surface area contributed by atoms with Crippen LogP contribution in [0.5, 0.6) is 0 Å². The van der Waals surface area contributed by atoms with Crippen molar-refractivity contribution in [1.29, 1.82) is 0 Å². The molecule has 0 saturated carbocycles. The number of alkyl carbamates (subject to hydrolysis) is 1. The molecule has 0 unspecified atom stereocenters. The van der Waals surface area contributed by atoms with Crippen molar-refractivity contribution in [2.75, 3.05) is 19.6 Å². The van der Waals surface area contributed by atoms with E-state index in [1.807, 2.05) is 56.1 Å². The number of hydrazine groups is 1. The number of ether oxygens (including phenoxy) is 2. The Labute approximate surface area is 155 Å². The zero-order valence-electron chi connectivity index (χ0n) is 15.8. The van der Waals surface area contributed by atoms with Gasteiger partial charge in [-0.25, -0.2) is 14.6 Å². The Morgan fingerprint density at radius 3 is 2.62 bits per heavy atom. The number of nitrogens with one attached hydrogen (secondary N) is 2. The lowest BCUT2D eigenvalue weighted by molar-refractivity contribution is 0.0246. The molecule has 1 saturated heterocycles. The summed E-state index contributed by atoms with van der Waals surface area (Å²) >= 11 is 0. The molecule has 1 atom stereocenters. The van der Waals surface area contributed by atoms with Gasteiger partial charge in [0, 0.05) is 19.6 Å². The van der Waals surface area contributed by atoms with E-state index in [2.05, 4.69) is 10.7 Å². The highest BCUT2D eigenvalue weighted by Crippen LogP contribution is 2.15. The summed E-state index contributed by atoms with van der Waals surface area (Å²) < 4.78 is 10.5. The minimum absolute atomic E-state index is 0.253. The Morgan fingerprint density at radius 2 is 1.92 bits per heavy atom. The highest BCUT2D eigenvalue weighted by molar-refractivity contribution is 5.67. The van der Waals surface area contributed by atoms with Gasteiger partial charge in [-0.2, -0.15) is 0 Å². The van der Waals surface area contributed by atoms with Gasteiger partial charge in [0.15, 0.2) is 0 Å². The average molecular weight is 363 g/mol. The molecule has 1 aromatic rings. The molecule has 1 fully saturated rings. The first kappa shape index (κ1) is 20.0. The smallest absolute Gasteiger partial charge is 0.422 e. The summed E-state index contributed by atoms with van der Waals surface area (Å²) in [6, 6.07) is 9.56. The van der Waals surface area contributed by atoms with E-state index >= 15 is 0 Å². The highest BCUT2D eigenvalue weighted by Gasteiger charge is 2.24. The van der Waals surface area contributed by atoms with Crippen molar-refractivity contribution in [2.45, 2.75) is 45.8 Å². The largest absolute Gasteiger partial charge is 0.445 e. The lowest BCUT2D eigenvalue weighted by Crippen LogP contribution is -2.50. The second kappa shape index (κ2) is 9.43. The molecule has 0 bridgehead atoms. The molecule has 0 spiro atoms. The van der Waals surface area contributed by atoms with Crippen LogP contribution in [0.2, 0.25) is 0 Å². The third kappa shape index (κ3) is 7.74. The molecule has 0 aromatic heterocycles. The molecule has 1 aliphatic heterocycles. The van der Waals surface area contributed by atoms with Crippen LogP contribution < -0.4 is 10.7 Å². The summed E-state index contributed by atoms with van der Waals surface area (Å²) in [7, 11) is 0. The van der Waals surface area contributed by atoms with Gasteiger partial charge in [-0.15, -0.1) is 0 Å². The van der Waals surface area contributed by atoms with Crippen LogP contribution in [0, 0.1) is 5.92 Å². The normalized spacial score (nSPS) is 18.0. The molecular formula is C19H29N3O4. The summed E-state index contributed by atoms with van der Waals surface area (Å²) in [5.41, 5.74) is 3.20. The highest BCUT2D eigenvalue weighted by atomic mass is 16.6. The molecule has 7 heteroatoms. The van der Waals surface area contributed by atoms with Crippen LogP contribution in [0.15, 0.2) is 30.3 Å². The van der Waals surface area contributed by atoms with Crippen LogP contribution in [-0.4, -0.2) is 42.4 Å². The first-order chi connectivity index (χ1) is 12.3. The van der Waals surface area contributed by atoms with Gasteiger partial charge >= 0.3 is 12.2 Å². The summed E-state index contributed by atoms with van der Waals surface area (Å²) in [5, 5.41) is 4.65. The van der Waals surface area contributed by atoms with Crippen molar-refractivity contribution in [2.24, 2.45) is 5.92 Å². The van der Waals surface area contributed by atoms with E-state index < -0.39 is 17.8 Å². The minimum Gasteiger partial charge on any atom is -0.445 e. The van der Waals surface area contributed by atoms with Crippen LogP contribution in [0.1, 0.15) is 39.2 Å². The predicted molar refractivity (Wildman–Crippen MR) is 98.3 cm³/mol. The zero-order valence-corrected chi connectivity index (χ0v) is 15.8. The Balaban J connectivity index is 1.67. The van der Waals surface area contributed by atoms with Gasteiger partial charge in [0.1, 0.15) is 12.2 Å². The van der Waals surface area contributed by atoms with Crippen LogP contribution in [0.25, 0.3) is 0 Å². The van der Waals surface area contributed by atoms with Crippen molar-refractivity contribution in [3.63, 3.8) is 0 Å². The number of hydrogen-bond acceptors (Lipinski definition) is 5. The molecule has 0 radical (unpaired) electrons. The van der Waals surface area contributed by atoms with Crippen molar-refractivity contribution in [3.05, 3.63) is 35.9 Å². The second-order valence-electron chi connectivity index (χ2n) is 7.51. The topological polar surface area (TPSA) is 79.9 Å². The maximum absolute atomic E-state index is 11.9. The van der Waals surface area contributed by atoms with E-state index in [9.17, 15) is 9.59 Å².